The number of hydrogen-bond acceptors (Lipinski definition) is 7. The van der Waals surface area contributed by atoms with Crippen LogP contribution in [0.25, 0.3) is 10.8 Å². The molecule has 0 radical (unpaired) electrons. The highest BCUT2D eigenvalue weighted by Gasteiger charge is 2.17. The summed E-state index contributed by atoms with van der Waals surface area (Å²) in [6.07, 6.45) is 0. The predicted molar refractivity (Wildman–Crippen MR) is 92.7 cm³/mol. The fourth-order valence-electron chi connectivity index (χ4n) is 2.01. The van der Waals surface area contributed by atoms with Gasteiger partial charge in [0.2, 0.25) is 5.91 Å². The molecule has 1 amide bonds. The Morgan fingerprint density at radius 3 is 2.70 bits per heavy atom. The van der Waals surface area contributed by atoms with Crippen LogP contribution in [0.15, 0.2) is 21.8 Å². The van der Waals surface area contributed by atoms with Crippen molar-refractivity contribution >= 4 is 29.0 Å². The molecule has 2 rings (SSSR count). The SMILES string of the molecule is C=C(C)CN(CC)C(=O)CSc1nnc(-c2sc(C)nc2C)o1. The second-order valence-electron chi connectivity index (χ2n) is 5.17. The molecule has 124 valence electrons. The van der Waals surface area contributed by atoms with Crippen LogP contribution in [-0.4, -0.2) is 44.8 Å². The first-order valence-corrected chi connectivity index (χ1v) is 9.03. The molecule has 0 unspecified atom stereocenters. The summed E-state index contributed by atoms with van der Waals surface area (Å²) in [5, 5.41) is 9.39. The van der Waals surface area contributed by atoms with Crippen molar-refractivity contribution in [3.63, 3.8) is 0 Å². The lowest BCUT2D eigenvalue weighted by Crippen LogP contribution is -2.33. The summed E-state index contributed by atoms with van der Waals surface area (Å²) < 4.78 is 5.63. The van der Waals surface area contributed by atoms with Crippen LogP contribution in [0, 0.1) is 13.8 Å². The molecule has 0 atom stereocenters. The van der Waals surface area contributed by atoms with Crippen LogP contribution >= 0.6 is 23.1 Å². The number of aromatic nitrogens is 3. The molecule has 6 nitrogen and oxygen atoms in total. The minimum absolute atomic E-state index is 0.0325. The Balaban J connectivity index is 1.98. The third-order valence-corrected chi connectivity index (χ3v) is 4.88. The number of nitrogens with zero attached hydrogens (tertiary/aromatic N) is 4. The zero-order valence-electron chi connectivity index (χ0n) is 13.8. The van der Waals surface area contributed by atoms with Crippen molar-refractivity contribution in [2.24, 2.45) is 0 Å². The molecule has 0 aliphatic heterocycles. The van der Waals surface area contributed by atoms with E-state index in [9.17, 15) is 4.79 Å². The van der Waals surface area contributed by atoms with Crippen molar-refractivity contribution in [2.45, 2.75) is 32.9 Å². The van der Waals surface area contributed by atoms with E-state index < -0.39 is 0 Å². The summed E-state index contributed by atoms with van der Waals surface area (Å²) in [5.41, 5.74) is 1.84. The second-order valence-corrected chi connectivity index (χ2v) is 7.30. The number of likely N-dealkylation sites (N-methyl/N-ethyl adjacent to an activating group) is 1. The summed E-state index contributed by atoms with van der Waals surface area (Å²) in [4.78, 5) is 19.2. The summed E-state index contributed by atoms with van der Waals surface area (Å²) in [6.45, 7) is 12.8. The van der Waals surface area contributed by atoms with Gasteiger partial charge in [0.25, 0.3) is 11.1 Å². The van der Waals surface area contributed by atoms with Gasteiger partial charge in [0.15, 0.2) is 0 Å². The molecular formula is C15H20N4O2S2. The van der Waals surface area contributed by atoms with E-state index in [1.807, 2.05) is 27.7 Å². The molecule has 0 aliphatic carbocycles. The summed E-state index contributed by atoms with van der Waals surface area (Å²) in [6, 6.07) is 0. The van der Waals surface area contributed by atoms with E-state index in [1.165, 1.54) is 23.1 Å². The Labute approximate surface area is 144 Å². The fourth-order valence-corrected chi connectivity index (χ4v) is 3.51. The van der Waals surface area contributed by atoms with Crippen LogP contribution in [-0.2, 0) is 4.79 Å². The van der Waals surface area contributed by atoms with E-state index in [-0.39, 0.29) is 11.7 Å². The van der Waals surface area contributed by atoms with Crippen LogP contribution in [0.5, 0.6) is 0 Å². The van der Waals surface area contributed by atoms with E-state index in [0.717, 1.165) is 21.2 Å². The number of thiazole rings is 1. The molecule has 2 aromatic rings. The molecule has 0 aliphatic rings. The molecule has 0 fully saturated rings. The van der Waals surface area contributed by atoms with Crippen molar-refractivity contribution in [1.29, 1.82) is 0 Å². The topological polar surface area (TPSA) is 72.1 Å². The molecule has 0 saturated heterocycles. The van der Waals surface area contributed by atoms with Crippen molar-refractivity contribution in [3.8, 4) is 10.8 Å². The van der Waals surface area contributed by atoms with Crippen molar-refractivity contribution in [3.05, 3.63) is 22.9 Å². The minimum atomic E-state index is 0.0325. The molecule has 0 spiro atoms. The van der Waals surface area contributed by atoms with Crippen LogP contribution in [0.4, 0.5) is 0 Å². The second kappa shape index (κ2) is 7.74. The molecule has 8 heteroatoms. The zero-order chi connectivity index (χ0) is 17.0. The number of aryl methyl sites for hydroxylation is 2. The Morgan fingerprint density at radius 1 is 1.39 bits per heavy atom. The predicted octanol–water partition coefficient (Wildman–Crippen LogP) is 3.33. The summed E-state index contributed by atoms with van der Waals surface area (Å²) in [5.74, 6) is 0.756. The van der Waals surface area contributed by atoms with Gasteiger partial charge in [-0.3, -0.25) is 4.79 Å². The van der Waals surface area contributed by atoms with Crippen LogP contribution < -0.4 is 0 Å². The Hall–Kier alpha value is -1.67. The number of rotatable bonds is 7. The van der Waals surface area contributed by atoms with E-state index in [0.29, 0.717) is 24.2 Å². The normalized spacial score (nSPS) is 10.8. The van der Waals surface area contributed by atoms with Gasteiger partial charge in [-0.2, -0.15) is 0 Å². The van der Waals surface area contributed by atoms with E-state index >= 15 is 0 Å². The molecule has 2 aromatic heterocycles. The van der Waals surface area contributed by atoms with E-state index in [4.69, 9.17) is 4.42 Å². The highest BCUT2D eigenvalue weighted by atomic mass is 32.2. The van der Waals surface area contributed by atoms with Crippen LogP contribution in [0.2, 0.25) is 0 Å². The van der Waals surface area contributed by atoms with Gasteiger partial charge >= 0.3 is 0 Å². The third-order valence-electron chi connectivity index (χ3n) is 3.02. The van der Waals surface area contributed by atoms with Gasteiger partial charge in [-0.1, -0.05) is 23.9 Å². The lowest BCUT2D eigenvalue weighted by Gasteiger charge is -2.20. The first-order valence-electron chi connectivity index (χ1n) is 7.23. The molecule has 0 N–H and O–H groups in total. The minimum Gasteiger partial charge on any atom is -0.410 e. The Kier molecular flexibility index (Phi) is 5.95. The number of amides is 1. The van der Waals surface area contributed by atoms with Gasteiger partial charge in [0.1, 0.15) is 4.88 Å². The Morgan fingerprint density at radius 2 is 2.13 bits per heavy atom. The molecule has 0 aromatic carbocycles. The maximum atomic E-state index is 12.2. The number of hydrogen-bond donors (Lipinski definition) is 0. The maximum Gasteiger partial charge on any atom is 0.277 e. The summed E-state index contributed by atoms with van der Waals surface area (Å²) >= 11 is 2.77. The smallest absolute Gasteiger partial charge is 0.277 e. The van der Waals surface area contributed by atoms with Gasteiger partial charge in [-0.15, -0.1) is 21.5 Å². The number of carbonyl (C=O) groups is 1. The quantitative estimate of drug-likeness (QED) is 0.562. The molecule has 0 bridgehead atoms. The zero-order valence-corrected chi connectivity index (χ0v) is 15.4. The van der Waals surface area contributed by atoms with Crippen molar-refractivity contribution < 1.29 is 9.21 Å². The Bertz CT molecular complexity index is 708. The first-order chi connectivity index (χ1) is 10.9. The van der Waals surface area contributed by atoms with Crippen LogP contribution in [0.3, 0.4) is 0 Å². The monoisotopic (exact) mass is 352 g/mol. The average Bonchev–Trinajstić information content (AvgIpc) is 3.08. The molecule has 23 heavy (non-hydrogen) atoms. The van der Waals surface area contributed by atoms with Gasteiger partial charge in [0.05, 0.1) is 16.5 Å². The van der Waals surface area contributed by atoms with E-state index in [2.05, 4.69) is 21.8 Å². The van der Waals surface area contributed by atoms with Crippen molar-refractivity contribution in [2.75, 3.05) is 18.8 Å². The lowest BCUT2D eigenvalue weighted by molar-refractivity contribution is -0.127. The van der Waals surface area contributed by atoms with Gasteiger partial charge in [-0.25, -0.2) is 4.98 Å². The fraction of sp³-hybridized carbons (Fsp3) is 0.467. The van der Waals surface area contributed by atoms with Crippen molar-refractivity contribution in [1.82, 2.24) is 20.1 Å². The lowest BCUT2D eigenvalue weighted by atomic mass is 10.3. The first kappa shape index (κ1) is 17.7. The maximum absolute atomic E-state index is 12.2. The number of thioether (sulfide) groups is 1. The van der Waals surface area contributed by atoms with Gasteiger partial charge < -0.3 is 9.32 Å². The average molecular weight is 352 g/mol. The third kappa shape index (κ3) is 4.65. The van der Waals surface area contributed by atoms with E-state index in [1.54, 1.807) is 4.90 Å². The van der Waals surface area contributed by atoms with Crippen LogP contribution in [0.1, 0.15) is 24.5 Å². The number of carbonyl (C=O) groups excluding carboxylic acids is 1. The summed E-state index contributed by atoms with van der Waals surface area (Å²) in [7, 11) is 0. The van der Waals surface area contributed by atoms with Gasteiger partial charge in [0, 0.05) is 13.1 Å². The van der Waals surface area contributed by atoms with Gasteiger partial charge in [-0.05, 0) is 27.7 Å². The highest BCUT2D eigenvalue weighted by molar-refractivity contribution is 7.99. The molecule has 0 saturated carbocycles. The molecular weight excluding hydrogens is 332 g/mol. The largest absolute Gasteiger partial charge is 0.410 e. The highest BCUT2D eigenvalue weighted by Crippen LogP contribution is 2.30. The molecule has 2 heterocycles. The standard InChI is InChI=1S/C15H20N4O2S2/c1-6-19(7-9(2)3)12(20)8-22-15-18-17-14(21-15)13-10(4)16-11(5)23-13/h2,6-8H2,1,3-5H3.